The third-order valence-electron chi connectivity index (χ3n) is 3.19. The third-order valence-corrected chi connectivity index (χ3v) is 3.19. The fraction of sp³-hybridized carbons (Fsp3) is 0.467. The van der Waals surface area contributed by atoms with Crippen LogP contribution in [0.1, 0.15) is 47.7 Å². The van der Waals surface area contributed by atoms with Crippen molar-refractivity contribution in [2.75, 3.05) is 13.2 Å². The summed E-state index contributed by atoms with van der Waals surface area (Å²) in [6.45, 7) is 7.50. The highest BCUT2D eigenvalue weighted by Crippen LogP contribution is 2.20. The highest BCUT2D eigenvalue weighted by atomic mass is 16.5. The molecule has 0 aliphatic carbocycles. The molecule has 0 atom stereocenters. The second-order valence-electron chi connectivity index (χ2n) is 4.95. The van der Waals surface area contributed by atoms with Crippen LogP contribution < -0.4 is 0 Å². The van der Waals surface area contributed by atoms with Gasteiger partial charge in [-0.15, -0.1) is 0 Å². The molecular formula is C15H19NO2. The summed E-state index contributed by atoms with van der Waals surface area (Å²) in [5.41, 5.74) is 3.00. The lowest BCUT2D eigenvalue weighted by atomic mass is 9.95. The quantitative estimate of drug-likeness (QED) is 0.764. The summed E-state index contributed by atoms with van der Waals surface area (Å²) >= 11 is 0. The van der Waals surface area contributed by atoms with E-state index in [4.69, 9.17) is 4.74 Å². The van der Waals surface area contributed by atoms with Crippen molar-refractivity contribution in [3.63, 3.8) is 0 Å². The van der Waals surface area contributed by atoms with E-state index >= 15 is 0 Å². The zero-order valence-electron chi connectivity index (χ0n) is 11.2. The molecule has 0 bridgehead atoms. The SMILES string of the molecule is Cc1ccc(C(C)C)cc1C(=O)CC1=NCCO1. The molecule has 1 aliphatic heterocycles. The lowest BCUT2D eigenvalue weighted by Crippen LogP contribution is -2.10. The molecule has 1 heterocycles. The van der Waals surface area contributed by atoms with Crippen LogP contribution in [0.3, 0.4) is 0 Å². The number of carbonyl (C=O) groups excluding carboxylic acids is 1. The fourth-order valence-electron chi connectivity index (χ4n) is 2.02. The standard InChI is InChI=1S/C15H19NO2/c1-10(2)12-5-4-11(3)13(8-12)14(17)9-15-16-6-7-18-15/h4-5,8,10H,6-7,9H2,1-3H3. The van der Waals surface area contributed by atoms with Gasteiger partial charge in [-0.25, -0.2) is 0 Å². The number of ketones is 1. The van der Waals surface area contributed by atoms with E-state index in [0.717, 1.165) is 11.1 Å². The minimum absolute atomic E-state index is 0.0932. The molecule has 2 rings (SSSR count). The van der Waals surface area contributed by atoms with Gasteiger partial charge >= 0.3 is 0 Å². The Balaban J connectivity index is 2.20. The number of nitrogens with zero attached hydrogens (tertiary/aromatic N) is 1. The summed E-state index contributed by atoms with van der Waals surface area (Å²) in [6.07, 6.45) is 0.280. The van der Waals surface area contributed by atoms with Gasteiger partial charge in [0.15, 0.2) is 11.7 Å². The van der Waals surface area contributed by atoms with Crippen LogP contribution in [0, 0.1) is 6.92 Å². The Kier molecular flexibility index (Phi) is 3.80. The average molecular weight is 245 g/mol. The molecule has 18 heavy (non-hydrogen) atoms. The second kappa shape index (κ2) is 5.34. The minimum Gasteiger partial charge on any atom is -0.479 e. The van der Waals surface area contributed by atoms with Gasteiger partial charge in [0.05, 0.1) is 13.0 Å². The highest BCUT2D eigenvalue weighted by Gasteiger charge is 2.16. The summed E-state index contributed by atoms with van der Waals surface area (Å²) in [4.78, 5) is 16.4. The lowest BCUT2D eigenvalue weighted by molar-refractivity contribution is 0.0994. The average Bonchev–Trinajstić information content (AvgIpc) is 2.81. The van der Waals surface area contributed by atoms with Crippen LogP contribution in [0.4, 0.5) is 0 Å². The van der Waals surface area contributed by atoms with Crippen LogP contribution in [0.5, 0.6) is 0 Å². The van der Waals surface area contributed by atoms with Crippen molar-refractivity contribution in [2.45, 2.75) is 33.1 Å². The van der Waals surface area contributed by atoms with Gasteiger partial charge in [0.25, 0.3) is 0 Å². The van der Waals surface area contributed by atoms with E-state index in [1.807, 2.05) is 19.1 Å². The van der Waals surface area contributed by atoms with Crippen LogP contribution in [0.25, 0.3) is 0 Å². The van der Waals surface area contributed by atoms with Crippen molar-refractivity contribution < 1.29 is 9.53 Å². The normalized spacial score (nSPS) is 14.6. The predicted octanol–water partition coefficient (Wildman–Crippen LogP) is 3.12. The smallest absolute Gasteiger partial charge is 0.191 e. The van der Waals surface area contributed by atoms with Gasteiger partial charge in [0, 0.05) is 5.56 Å². The molecule has 0 saturated carbocycles. The molecule has 1 aliphatic rings. The third kappa shape index (κ3) is 2.78. The first kappa shape index (κ1) is 12.8. The van der Waals surface area contributed by atoms with E-state index < -0.39 is 0 Å². The summed E-state index contributed by atoms with van der Waals surface area (Å²) in [6, 6.07) is 6.10. The number of rotatable bonds is 4. The summed E-state index contributed by atoms with van der Waals surface area (Å²) in [5, 5.41) is 0. The first-order valence-corrected chi connectivity index (χ1v) is 6.38. The molecular weight excluding hydrogens is 226 g/mol. The summed E-state index contributed by atoms with van der Waals surface area (Å²) < 4.78 is 5.29. The molecule has 1 aromatic carbocycles. The first-order chi connectivity index (χ1) is 8.58. The molecule has 3 nitrogen and oxygen atoms in total. The van der Waals surface area contributed by atoms with Crippen molar-refractivity contribution in [2.24, 2.45) is 4.99 Å². The molecule has 3 heteroatoms. The highest BCUT2D eigenvalue weighted by molar-refractivity contribution is 6.08. The van der Waals surface area contributed by atoms with Crippen LogP contribution in [0.2, 0.25) is 0 Å². The number of hydrogen-bond acceptors (Lipinski definition) is 3. The van der Waals surface area contributed by atoms with Crippen LogP contribution in [0.15, 0.2) is 23.2 Å². The molecule has 0 spiro atoms. The number of benzene rings is 1. The molecule has 0 saturated heterocycles. The van der Waals surface area contributed by atoms with Gasteiger partial charge in [0.1, 0.15) is 6.61 Å². The summed E-state index contributed by atoms with van der Waals surface area (Å²) in [7, 11) is 0. The van der Waals surface area contributed by atoms with E-state index in [2.05, 4.69) is 24.9 Å². The van der Waals surface area contributed by atoms with Gasteiger partial charge in [0.2, 0.25) is 0 Å². The van der Waals surface area contributed by atoms with Crippen LogP contribution >= 0.6 is 0 Å². The molecule has 0 amide bonds. The van der Waals surface area contributed by atoms with Crippen molar-refractivity contribution >= 4 is 11.7 Å². The number of ether oxygens (including phenoxy) is 1. The molecule has 0 N–H and O–H groups in total. The molecule has 1 aromatic rings. The first-order valence-electron chi connectivity index (χ1n) is 6.38. The van der Waals surface area contributed by atoms with Crippen molar-refractivity contribution in [1.82, 2.24) is 0 Å². The van der Waals surface area contributed by atoms with E-state index in [0.29, 0.717) is 25.0 Å². The predicted molar refractivity (Wildman–Crippen MR) is 72.5 cm³/mol. The van der Waals surface area contributed by atoms with Gasteiger partial charge in [-0.1, -0.05) is 26.0 Å². The molecule has 96 valence electrons. The maximum absolute atomic E-state index is 12.2. The van der Waals surface area contributed by atoms with Crippen molar-refractivity contribution in [3.8, 4) is 0 Å². The zero-order chi connectivity index (χ0) is 13.1. The van der Waals surface area contributed by atoms with Gasteiger partial charge in [-0.2, -0.15) is 0 Å². The molecule has 0 radical (unpaired) electrons. The monoisotopic (exact) mass is 245 g/mol. The van der Waals surface area contributed by atoms with Gasteiger partial charge in [-0.3, -0.25) is 9.79 Å². The van der Waals surface area contributed by atoms with E-state index in [9.17, 15) is 4.79 Å². The Morgan fingerprint density at radius 1 is 1.44 bits per heavy atom. The molecule has 0 aromatic heterocycles. The number of carbonyl (C=O) groups is 1. The van der Waals surface area contributed by atoms with Crippen LogP contribution in [-0.4, -0.2) is 24.8 Å². The van der Waals surface area contributed by atoms with Crippen LogP contribution in [-0.2, 0) is 4.74 Å². The summed E-state index contributed by atoms with van der Waals surface area (Å²) in [5.74, 6) is 1.10. The Labute approximate surface area is 108 Å². The number of Topliss-reactive ketones (excluding diaryl/α,β-unsaturated/α-hetero) is 1. The van der Waals surface area contributed by atoms with E-state index in [-0.39, 0.29) is 12.2 Å². The van der Waals surface area contributed by atoms with Gasteiger partial charge < -0.3 is 4.74 Å². The Morgan fingerprint density at radius 3 is 2.83 bits per heavy atom. The molecule has 0 unspecified atom stereocenters. The maximum atomic E-state index is 12.2. The number of aliphatic imine (C=N–C) groups is 1. The fourth-order valence-corrected chi connectivity index (χ4v) is 2.02. The number of hydrogen-bond donors (Lipinski definition) is 0. The van der Waals surface area contributed by atoms with Crippen molar-refractivity contribution in [3.05, 3.63) is 34.9 Å². The van der Waals surface area contributed by atoms with E-state index in [1.165, 1.54) is 5.56 Å². The topological polar surface area (TPSA) is 38.7 Å². The minimum atomic E-state index is 0.0932. The van der Waals surface area contributed by atoms with Crippen molar-refractivity contribution in [1.29, 1.82) is 0 Å². The lowest BCUT2D eigenvalue weighted by Gasteiger charge is -2.10. The zero-order valence-corrected chi connectivity index (χ0v) is 11.2. The van der Waals surface area contributed by atoms with E-state index in [1.54, 1.807) is 0 Å². The Hall–Kier alpha value is -1.64. The molecule has 0 fully saturated rings. The number of aryl methyl sites for hydroxylation is 1. The maximum Gasteiger partial charge on any atom is 0.191 e. The van der Waals surface area contributed by atoms with Gasteiger partial charge in [-0.05, 0) is 30.0 Å². The Morgan fingerprint density at radius 2 is 2.22 bits per heavy atom. The largest absolute Gasteiger partial charge is 0.479 e. The second-order valence-corrected chi connectivity index (χ2v) is 4.95. The Bertz CT molecular complexity index is 489.